The lowest BCUT2D eigenvalue weighted by atomic mass is 9.85. The van der Waals surface area contributed by atoms with E-state index >= 15 is 0 Å². The Morgan fingerprint density at radius 3 is 1.40 bits per heavy atom. The van der Waals surface area contributed by atoms with Crippen LogP contribution in [0, 0.1) is 0 Å². The van der Waals surface area contributed by atoms with Crippen molar-refractivity contribution in [1.82, 2.24) is 0 Å². The first kappa shape index (κ1) is 61.1. The van der Waals surface area contributed by atoms with Crippen LogP contribution in [0.2, 0.25) is 0 Å². The number of unbranched alkanes of at least 4 members (excludes halogenated alkanes) is 21. The SMILES string of the molecule is CC/C=C\C/C=C\C/C=C\C/C=C\CCCCCCCCCCC(=O)OC(COCCCCCCCC/C=C\CCCCCCCCC)COP(=O)(O)OC1C(O)C(O)C(O)C(O)C1O. The molecule has 1 saturated carbocycles. The quantitative estimate of drug-likeness (QED) is 0.0147. The molecule has 12 nitrogen and oxygen atoms in total. The molecule has 0 aromatic carbocycles. The number of aliphatic hydroxyl groups is 5. The van der Waals surface area contributed by atoms with Crippen molar-refractivity contribution in [3.8, 4) is 0 Å². The summed E-state index contributed by atoms with van der Waals surface area (Å²) in [5.41, 5.74) is 0. The Morgan fingerprint density at radius 2 is 0.908 bits per heavy atom. The van der Waals surface area contributed by atoms with Gasteiger partial charge in [-0.15, -0.1) is 0 Å². The molecule has 6 N–H and O–H groups in total. The summed E-state index contributed by atoms with van der Waals surface area (Å²) in [5.74, 6) is -0.488. The number of carbonyl (C=O) groups is 1. The summed E-state index contributed by atoms with van der Waals surface area (Å²) >= 11 is 0. The highest BCUT2D eigenvalue weighted by molar-refractivity contribution is 7.47. The van der Waals surface area contributed by atoms with Crippen molar-refractivity contribution < 1.29 is 58.3 Å². The van der Waals surface area contributed by atoms with E-state index in [9.17, 15) is 39.8 Å². The summed E-state index contributed by atoms with van der Waals surface area (Å²) in [4.78, 5) is 23.2. The van der Waals surface area contributed by atoms with E-state index in [-0.39, 0.29) is 13.0 Å². The van der Waals surface area contributed by atoms with E-state index in [1.54, 1.807) is 0 Å². The number of hydrogen-bond donors (Lipinski definition) is 6. The number of hydrogen-bond acceptors (Lipinski definition) is 11. The van der Waals surface area contributed by atoms with Crippen molar-refractivity contribution in [3.63, 3.8) is 0 Å². The van der Waals surface area contributed by atoms with Gasteiger partial charge in [0.05, 0.1) is 13.2 Å². The van der Waals surface area contributed by atoms with E-state index in [1.807, 2.05) is 0 Å². The molecule has 1 aliphatic carbocycles. The van der Waals surface area contributed by atoms with Crippen LogP contribution in [0.25, 0.3) is 0 Å². The molecule has 0 aromatic heterocycles. The second-order valence-electron chi connectivity index (χ2n) is 17.6. The lowest BCUT2D eigenvalue weighted by molar-refractivity contribution is -0.220. The van der Waals surface area contributed by atoms with Gasteiger partial charge in [0.15, 0.2) is 0 Å². The largest absolute Gasteiger partial charge is 0.472 e. The second kappa shape index (κ2) is 42.2. The van der Waals surface area contributed by atoms with Crippen LogP contribution in [0.15, 0.2) is 60.8 Å². The predicted octanol–water partition coefficient (Wildman–Crippen LogP) is 11.4. The van der Waals surface area contributed by atoms with Gasteiger partial charge in [-0.1, -0.05) is 177 Å². The molecule has 1 fully saturated rings. The Hall–Kier alpha value is -1.96. The Bertz CT molecular complexity index is 1300. The second-order valence-corrected chi connectivity index (χ2v) is 19.0. The maximum absolute atomic E-state index is 12.9. The molecule has 0 aromatic rings. The molecule has 1 aliphatic rings. The van der Waals surface area contributed by atoms with Crippen LogP contribution in [0.4, 0.5) is 0 Å². The summed E-state index contributed by atoms with van der Waals surface area (Å²) in [6.45, 7) is 4.14. The number of aliphatic hydroxyl groups excluding tert-OH is 5. The Morgan fingerprint density at radius 1 is 0.508 bits per heavy atom. The van der Waals surface area contributed by atoms with E-state index in [0.29, 0.717) is 13.0 Å². The fourth-order valence-electron chi connectivity index (χ4n) is 7.58. The van der Waals surface area contributed by atoms with Crippen molar-refractivity contribution >= 4 is 13.8 Å². The monoisotopic (exact) mass is 941 g/mol. The molecule has 0 heterocycles. The highest BCUT2D eigenvalue weighted by atomic mass is 31.2. The van der Waals surface area contributed by atoms with Crippen molar-refractivity contribution in [2.24, 2.45) is 0 Å². The minimum absolute atomic E-state index is 0.0858. The highest BCUT2D eigenvalue weighted by Gasteiger charge is 2.51. The van der Waals surface area contributed by atoms with Gasteiger partial charge in [0.1, 0.15) is 42.7 Å². The molecule has 0 saturated heterocycles. The molecule has 6 unspecified atom stereocenters. The van der Waals surface area contributed by atoms with Gasteiger partial charge in [-0.3, -0.25) is 13.8 Å². The number of phosphoric ester groups is 1. The van der Waals surface area contributed by atoms with Crippen LogP contribution in [0.5, 0.6) is 0 Å². The van der Waals surface area contributed by atoms with Crippen molar-refractivity contribution in [2.75, 3.05) is 19.8 Å². The number of phosphoric acid groups is 1. The normalized spacial score (nSPS) is 22.0. The maximum Gasteiger partial charge on any atom is 0.472 e. The summed E-state index contributed by atoms with van der Waals surface area (Å²) in [7, 11) is -5.03. The van der Waals surface area contributed by atoms with Gasteiger partial charge in [-0.2, -0.15) is 0 Å². The van der Waals surface area contributed by atoms with Gasteiger partial charge in [-0.25, -0.2) is 4.57 Å². The minimum atomic E-state index is -5.03. The number of ether oxygens (including phenoxy) is 2. The average molecular weight is 941 g/mol. The number of rotatable bonds is 43. The molecule has 6 atom stereocenters. The summed E-state index contributed by atoms with van der Waals surface area (Å²) in [5, 5.41) is 50.3. The number of allylic oxidation sites excluding steroid dienone is 10. The van der Waals surface area contributed by atoms with E-state index in [2.05, 4.69) is 74.6 Å². The van der Waals surface area contributed by atoms with Crippen LogP contribution in [0.3, 0.4) is 0 Å². The van der Waals surface area contributed by atoms with Gasteiger partial charge in [-0.05, 0) is 77.0 Å². The molecule has 65 heavy (non-hydrogen) atoms. The molecular weight excluding hydrogens is 848 g/mol. The van der Waals surface area contributed by atoms with Gasteiger partial charge in [0.2, 0.25) is 0 Å². The van der Waals surface area contributed by atoms with Crippen LogP contribution < -0.4 is 0 Å². The molecule has 0 amide bonds. The Kier molecular flexibility index (Phi) is 39.6. The molecule has 378 valence electrons. The highest BCUT2D eigenvalue weighted by Crippen LogP contribution is 2.47. The molecular formula is C52H93O12P. The Labute approximate surface area is 394 Å². The third-order valence-corrected chi connectivity index (χ3v) is 12.6. The zero-order valence-electron chi connectivity index (χ0n) is 40.5. The summed E-state index contributed by atoms with van der Waals surface area (Å²) in [6.07, 6.45) is 41.4. The topological polar surface area (TPSA) is 192 Å². The van der Waals surface area contributed by atoms with Gasteiger partial charge in [0, 0.05) is 13.0 Å². The van der Waals surface area contributed by atoms with Crippen molar-refractivity contribution in [2.45, 2.75) is 243 Å². The van der Waals surface area contributed by atoms with E-state index in [1.165, 1.54) is 83.5 Å². The van der Waals surface area contributed by atoms with Crippen LogP contribution in [-0.4, -0.2) is 98.9 Å². The van der Waals surface area contributed by atoms with Gasteiger partial charge in [0.25, 0.3) is 0 Å². The third-order valence-electron chi connectivity index (χ3n) is 11.6. The molecule has 0 spiro atoms. The lowest BCUT2D eigenvalue weighted by Crippen LogP contribution is -2.64. The van der Waals surface area contributed by atoms with Gasteiger partial charge >= 0.3 is 13.8 Å². The van der Waals surface area contributed by atoms with E-state index < -0.39 is 63.1 Å². The van der Waals surface area contributed by atoms with Crippen LogP contribution in [-0.2, 0) is 27.9 Å². The molecule has 0 radical (unpaired) electrons. The first-order chi connectivity index (χ1) is 31.5. The standard InChI is InChI=1S/C52H93O12P/c1-3-5-7-9-11-13-15-17-19-21-22-23-24-25-27-29-31-33-35-37-39-41-46(53)63-45(44-62-65(59,60)64-52-50(57)48(55)47(54)49(56)51(52)58)43-61-42-40-38-36-34-32-30-28-26-20-18-16-14-12-10-8-6-4-2/h5,7,11,13,17,19-20,22-23,26,45,47-52,54-58H,3-4,6,8-10,12,14-16,18,21,24-25,27-44H2,1-2H3,(H,59,60)/b7-5-,13-11-,19-17-,23-22-,26-20-. The first-order valence-corrected chi connectivity index (χ1v) is 27.1. The maximum atomic E-state index is 12.9. The lowest BCUT2D eigenvalue weighted by Gasteiger charge is -2.41. The van der Waals surface area contributed by atoms with Crippen LogP contribution in [0.1, 0.15) is 200 Å². The summed E-state index contributed by atoms with van der Waals surface area (Å²) in [6, 6.07) is 0. The zero-order chi connectivity index (χ0) is 47.6. The fraction of sp³-hybridized carbons (Fsp3) is 0.788. The number of carbonyl (C=O) groups excluding carboxylic acids is 1. The summed E-state index contributed by atoms with van der Waals surface area (Å²) < 4.78 is 34.3. The zero-order valence-corrected chi connectivity index (χ0v) is 41.4. The van der Waals surface area contributed by atoms with Gasteiger partial charge < -0.3 is 39.9 Å². The molecule has 13 heteroatoms. The van der Waals surface area contributed by atoms with E-state index in [0.717, 1.165) is 89.9 Å². The minimum Gasteiger partial charge on any atom is -0.457 e. The smallest absolute Gasteiger partial charge is 0.457 e. The Balaban J connectivity index is 2.36. The number of esters is 1. The molecule has 0 aliphatic heterocycles. The van der Waals surface area contributed by atoms with E-state index in [4.69, 9.17) is 18.5 Å². The molecule has 1 rings (SSSR count). The van der Waals surface area contributed by atoms with Crippen LogP contribution >= 0.6 is 7.82 Å². The van der Waals surface area contributed by atoms with Crippen molar-refractivity contribution in [1.29, 1.82) is 0 Å². The molecule has 0 bridgehead atoms. The third kappa shape index (κ3) is 34.1. The first-order valence-electron chi connectivity index (χ1n) is 25.6. The van der Waals surface area contributed by atoms with Crippen molar-refractivity contribution in [3.05, 3.63) is 60.8 Å². The predicted molar refractivity (Wildman–Crippen MR) is 262 cm³/mol. The average Bonchev–Trinajstić information content (AvgIpc) is 3.29. The fourth-order valence-corrected chi connectivity index (χ4v) is 8.55.